The highest BCUT2D eigenvalue weighted by molar-refractivity contribution is 6.29. The molecule has 0 aromatic carbocycles. The molecule has 2 heterocycles. The number of nitrogens with one attached hydrogen (secondary N) is 2. The fourth-order valence-corrected chi connectivity index (χ4v) is 2.61. The Bertz CT molecular complexity index is 755. The summed E-state index contributed by atoms with van der Waals surface area (Å²) in [6.07, 6.45) is 3.03. The van der Waals surface area contributed by atoms with Crippen LogP contribution in [-0.4, -0.2) is 29.9 Å². The molecule has 2 rings (SSSR count). The molecule has 2 N–H and O–H groups in total. The van der Waals surface area contributed by atoms with Crippen molar-refractivity contribution in [3.63, 3.8) is 0 Å². The van der Waals surface area contributed by atoms with Crippen molar-refractivity contribution >= 4 is 23.4 Å². The highest BCUT2D eigenvalue weighted by Gasteiger charge is 2.26. The second-order valence-corrected chi connectivity index (χ2v) is 6.18. The lowest BCUT2D eigenvalue weighted by molar-refractivity contribution is -0.123. The molecule has 2 aromatic heterocycles. The van der Waals surface area contributed by atoms with E-state index >= 15 is 0 Å². The summed E-state index contributed by atoms with van der Waals surface area (Å²) in [6, 6.07) is 2.76. The summed E-state index contributed by atoms with van der Waals surface area (Å²) in [5.74, 6) is -0.634. The largest absolute Gasteiger partial charge is 0.459 e. The number of amides is 2. The average molecular weight is 350 g/mol. The van der Waals surface area contributed by atoms with Crippen molar-refractivity contribution in [1.82, 2.24) is 15.6 Å². The van der Waals surface area contributed by atoms with Gasteiger partial charge in [-0.2, -0.15) is 0 Å². The third-order valence-electron chi connectivity index (χ3n) is 3.72. The van der Waals surface area contributed by atoms with Gasteiger partial charge in [-0.15, -0.1) is 0 Å². The Morgan fingerprint density at radius 3 is 2.58 bits per heavy atom. The minimum absolute atomic E-state index is 0.0637. The van der Waals surface area contributed by atoms with Gasteiger partial charge in [0.2, 0.25) is 5.91 Å². The van der Waals surface area contributed by atoms with Crippen LogP contribution in [0.4, 0.5) is 0 Å². The van der Waals surface area contributed by atoms with E-state index in [1.54, 1.807) is 18.3 Å². The van der Waals surface area contributed by atoms with Crippen LogP contribution >= 0.6 is 11.6 Å². The van der Waals surface area contributed by atoms with E-state index in [4.69, 9.17) is 16.0 Å². The lowest BCUT2D eigenvalue weighted by atomic mass is 10.0. The molecule has 24 heavy (non-hydrogen) atoms. The highest BCUT2D eigenvalue weighted by Crippen LogP contribution is 2.28. The Hall–Kier alpha value is -2.34. The average Bonchev–Trinajstić information content (AvgIpc) is 3.00. The summed E-state index contributed by atoms with van der Waals surface area (Å²) in [4.78, 5) is 28.6. The maximum atomic E-state index is 12.6. The van der Waals surface area contributed by atoms with Gasteiger partial charge in [-0.25, -0.2) is 4.98 Å². The van der Waals surface area contributed by atoms with Crippen molar-refractivity contribution in [2.24, 2.45) is 5.92 Å². The molecule has 128 valence electrons. The number of aromatic nitrogens is 1. The highest BCUT2D eigenvalue weighted by atomic mass is 35.5. The summed E-state index contributed by atoms with van der Waals surface area (Å²) in [6.45, 7) is 5.59. The second kappa shape index (κ2) is 7.49. The summed E-state index contributed by atoms with van der Waals surface area (Å²) in [5, 5.41) is 5.65. The standard InChI is InChI=1S/C17H20ClN3O3/c1-9(2)14(16(22)19-4)21-17(23)15-11(5-6-24-15)12-8-20-13(18)7-10(12)3/h5-9,14H,1-4H3,(H,19,22)(H,21,23)/t14-/m0/s1. The molecule has 0 aliphatic carbocycles. The van der Waals surface area contributed by atoms with Crippen LogP contribution < -0.4 is 10.6 Å². The molecule has 0 aliphatic rings. The summed E-state index contributed by atoms with van der Waals surface area (Å²) >= 11 is 5.88. The molecule has 1 atom stereocenters. The summed E-state index contributed by atoms with van der Waals surface area (Å²) in [5.41, 5.74) is 2.23. The third-order valence-corrected chi connectivity index (χ3v) is 3.93. The van der Waals surface area contributed by atoms with Crippen molar-refractivity contribution in [2.75, 3.05) is 7.05 Å². The number of likely N-dealkylation sites (N-methyl/N-ethyl adjacent to an activating group) is 1. The summed E-state index contributed by atoms with van der Waals surface area (Å²) in [7, 11) is 1.53. The summed E-state index contributed by atoms with van der Waals surface area (Å²) < 4.78 is 5.36. The van der Waals surface area contributed by atoms with Crippen LogP contribution in [0.3, 0.4) is 0 Å². The molecule has 0 radical (unpaired) electrons. The Morgan fingerprint density at radius 1 is 1.29 bits per heavy atom. The van der Waals surface area contributed by atoms with Crippen LogP contribution in [0.5, 0.6) is 0 Å². The topological polar surface area (TPSA) is 84.2 Å². The first-order valence-electron chi connectivity index (χ1n) is 7.57. The number of rotatable bonds is 5. The monoisotopic (exact) mass is 349 g/mol. The third kappa shape index (κ3) is 3.76. The maximum Gasteiger partial charge on any atom is 0.288 e. The number of carbonyl (C=O) groups is 2. The van der Waals surface area contributed by atoms with Crippen molar-refractivity contribution < 1.29 is 14.0 Å². The zero-order valence-electron chi connectivity index (χ0n) is 14.0. The first-order chi connectivity index (χ1) is 11.3. The molecule has 0 saturated heterocycles. The minimum Gasteiger partial charge on any atom is -0.459 e. The fraction of sp³-hybridized carbons (Fsp3) is 0.353. The van der Waals surface area contributed by atoms with Crippen LogP contribution in [0.1, 0.15) is 30.0 Å². The Morgan fingerprint density at radius 2 is 2.00 bits per heavy atom. The van der Waals surface area contributed by atoms with E-state index < -0.39 is 11.9 Å². The lowest BCUT2D eigenvalue weighted by Gasteiger charge is -2.20. The van der Waals surface area contributed by atoms with Crippen molar-refractivity contribution in [2.45, 2.75) is 26.8 Å². The van der Waals surface area contributed by atoms with Gasteiger partial charge in [0.1, 0.15) is 11.2 Å². The molecule has 2 aromatic rings. The molecule has 7 heteroatoms. The predicted molar refractivity (Wildman–Crippen MR) is 91.8 cm³/mol. The van der Waals surface area contributed by atoms with Crippen LogP contribution in [-0.2, 0) is 4.79 Å². The van der Waals surface area contributed by atoms with Crippen molar-refractivity contribution in [3.8, 4) is 11.1 Å². The number of pyridine rings is 1. The van der Waals surface area contributed by atoms with Crippen LogP contribution in [0.15, 0.2) is 29.0 Å². The number of hydrogen-bond acceptors (Lipinski definition) is 4. The molecule has 0 bridgehead atoms. The quantitative estimate of drug-likeness (QED) is 0.813. The molecule has 0 spiro atoms. The number of halogens is 1. The predicted octanol–water partition coefficient (Wildman–Crippen LogP) is 2.80. The van der Waals surface area contributed by atoms with Crippen LogP contribution in [0, 0.1) is 12.8 Å². The van der Waals surface area contributed by atoms with Gasteiger partial charge in [-0.05, 0) is 30.5 Å². The van der Waals surface area contributed by atoms with Crippen LogP contribution in [0.25, 0.3) is 11.1 Å². The minimum atomic E-state index is -0.648. The van der Waals surface area contributed by atoms with E-state index in [0.717, 1.165) is 11.1 Å². The molecule has 0 fully saturated rings. The van der Waals surface area contributed by atoms with E-state index in [2.05, 4.69) is 15.6 Å². The normalized spacial score (nSPS) is 12.1. The fourth-order valence-electron chi connectivity index (χ4n) is 2.40. The zero-order chi connectivity index (χ0) is 17.9. The smallest absolute Gasteiger partial charge is 0.288 e. The molecule has 0 aliphatic heterocycles. The molecule has 0 saturated carbocycles. The SMILES string of the molecule is CNC(=O)[C@@H](NC(=O)c1occc1-c1cnc(Cl)cc1C)C(C)C. The van der Waals surface area contributed by atoms with Gasteiger partial charge in [-0.3, -0.25) is 9.59 Å². The van der Waals surface area contributed by atoms with Gasteiger partial charge < -0.3 is 15.1 Å². The van der Waals surface area contributed by atoms with Crippen LogP contribution in [0.2, 0.25) is 5.15 Å². The van der Waals surface area contributed by atoms with E-state index in [1.807, 2.05) is 20.8 Å². The molecule has 6 nitrogen and oxygen atoms in total. The van der Waals surface area contributed by atoms with Crippen molar-refractivity contribution in [3.05, 3.63) is 41.1 Å². The lowest BCUT2D eigenvalue weighted by Crippen LogP contribution is -2.48. The second-order valence-electron chi connectivity index (χ2n) is 5.79. The molecular weight excluding hydrogens is 330 g/mol. The van der Waals surface area contributed by atoms with E-state index in [9.17, 15) is 9.59 Å². The number of nitrogens with zero attached hydrogens (tertiary/aromatic N) is 1. The number of carbonyl (C=O) groups excluding carboxylic acids is 2. The van der Waals surface area contributed by atoms with E-state index in [-0.39, 0.29) is 17.6 Å². The first-order valence-corrected chi connectivity index (χ1v) is 7.95. The maximum absolute atomic E-state index is 12.6. The van der Waals surface area contributed by atoms with Crippen molar-refractivity contribution in [1.29, 1.82) is 0 Å². The van der Waals surface area contributed by atoms with E-state index in [1.165, 1.54) is 13.3 Å². The molecule has 0 unspecified atom stereocenters. The number of furan rings is 1. The van der Waals surface area contributed by atoms with Gasteiger partial charge in [0.25, 0.3) is 5.91 Å². The molecular formula is C17H20ClN3O3. The van der Waals surface area contributed by atoms with Gasteiger partial charge in [0.05, 0.1) is 6.26 Å². The number of aryl methyl sites for hydroxylation is 1. The first kappa shape index (κ1) is 18.0. The Balaban J connectivity index is 2.32. The molecule has 2 amide bonds. The van der Waals surface area contributed by atoms with Gasteiger partial charge >= 0.3 is 0 Å². The van der Waals surface area contributed by atoms with Gasteiger partial charge in [0.15, 0.2) is 5.76 Å². The van der Waals surface area contributed by atoms with Gasteiger partial charge in [0, 0.05) is 24.4 Å². The Labute approximate surface area is 145 Å². The van der Waals surface area contributed by atoms with Gasteiger partial charge in [-0.1, -0.05) is 25.4 Å². The van der Waals surface area contributed by atoms with E-state index in [0.29, 0.717) is 10.7 Å². The number of hydrogen-bond donors (Lipinski definition) is 2. The zero-order valence-corrected chi connectivity index (χ0v) is 14.8. The Kier molecular flexibility index (Phi) is 5.62.